The first kappa shape index (κ1) is 18.2. The van der Waals surface area contributed by atoms with Gasteiger partial charge < -0.3 is 15.4 Å². The van der Waals surface area contributed by atoms with Crippen molar-refractivity contribution in [1.29, 1.82) is 0 Å². The first-order chi connectivity index (χ1) is 10.8. The zero-order chi connectivity index (χ0) is 16.9. The summed E-state index contributed by atoms with van der Waals surface area (Å²) in [6.07, 6.45) is 4.90. The van der Waals surface area contributed by atoms with Crippen molar-refractivity contribution in [2.75, 3.05) is 6.54 Å². The van der Waals surface area contributed by atoms with E-state index in [9.17, 15) is 4.79 Å². The van der Waals surface area contributed by atoms with Crippen LogP contribution in [0.3, 0.4) is 0 Å². The molecule has 1 amide bonds. The summed E-state index contributed by atoms with van der Waals surface area (Å²) >= 11 is 1.74. The first-order valence-corrected chi connectivity index (χ1v) is 9.34. The van der Waals surface area contributed by atoms with Gasteiger partial charge in [0.05, 0.1) is 5.01 Å². The third-order valence-corrected chi connectivity index (χ3v) is 4.91. The van der Waals surface area contributed by atoms with Crippen LogP contribution in [0.1, 0.15) is 57.2 Å². The Labute approximate surface area is 143 Å². The fraction of sp³-hybridized carbons (Fsp3) is 0.765. The van der Waals surface area contributed by atoms with E-state index in [0.29, 0.717) is 6.04 Å². The summed E-state index contributed by atoms with van der Waals surface area (Å²) in [6.45, 7) is 8.67. The number of ether oxygens (including phenoxy) is 1. The van der Waals surface area contributed by atoms with E-state index in [1.54, 1.807) is 11.3 Å². The lowest BCUT2D eigenvalue weighted by Crippen LogP contribution is -2.44. The average Bonchev–Trinajstić information content (AvgIpc) is 2.84. The molecule has 0 radical (unpaired) electrons. The van der Waals surface area contributed by atoms with Gasteiger partial charge in [0.25, 0.3) is 0 Å². The zero-order valence-corrected chi connectivity index (χ0v) is 15.5. The van der Waals surface area contributed by atoms with E-state index in [4.69, 9.17) is 4.74 Å². The van der Waals surface area contributed by atoms with Crippen molar-refractivity contribution in [3.05, 3.63) is 16.1 Å². The molecule has 0 aliphatic heterocycles. The van der Waals surface area contributed by atoms with E-state index < -0.39 is 5.60 Å². The number of nitrogens with zero attached hydrogens (tertiary/aromatic N) is 1. The monoisotopic (exact) mass is 339 g/mol. The number of rotatable bonds is 5. The average molecular weight is 340 g/mol. The number of nitrogens with one attached hydrogen (secondary N) is 2. The molecule has 0 atom stereocenters. The van der Waals surface area contributed by atoms with Crippen LogP contribution in [0.2, 0.25) is 0 Å². The van der Waals surface area contributed by atoms with Crippen LogP contribution < -0.4 is 10.6 Å². The number of carbonyl (C=O) groups is 1. The lowest BCUT2D eigenvalue weighted by Gasteiger charge is -2.30. The molecule has 5 nitrogen and oxygen atoms in total. The molecule has 1 aromatic heterocycles. The number of amides is 1. The van der Waals surface area contributed by atoms with Gasteiger partial charge in [0, 0.05) is 36.1 Å². The van der Waals surface area contributed by atoms with E-state index in [1.807, 2.05) is 27.7 Å². The van der Waals surface area contributed by atoms with Gasteiger partial charge in [-0.25, -0.2) is 9.78 Å². The van der Waals surface area contributed by atoms with Crippen molar-refractivity contribution >= 4 is 17.4 Å². The summed E-state index contributed by atoms with van der Waals surface area (Å²) in [5.41, 5.74) is 0.676. The molecule has 0 aromatic carbocycles. The highest BCUT2D eigenvalue weighted by Gasteiger charge is 2.24. The van der Waals surface area contributed by atoms with Crippen LogP contribution in [0, 0.1) is 6.92 Å². The van der Waals surface area contributed by atoms with Crippen LogP contribution in [-0.4, -0.2) is 35.3 Å². The number of aromatic nitrogens is 1. The summed E-state index contributed by atoms with van der Waals surface area (Å²) < 4.78 is 5.31. The second kappa shape index (κ2) is 8.11. The third-order valence-electron chi connectivity index (χ3n) is 3.89. The third kappa shape index (κ3) is 6.87. The molecular formula is C17H29N3O2S. The molecule has 130 valence electrons. The predicted octanol–water partition coefficient (Wildman–Crippen LogP) is 3.42. The number of aryl methyl sites for hydroxylation is 1. The van der Waals surface area contributed by atoms with E-state index in [2.05, 4.69) is 21.0 Å². The Morgan fingerprint density at radius 1 is 1.30 bits per heavy atom. The summed E-state index contributed by atoms with van der Waals surface area (Å²) in [6, 6.07) is 0.789. The molecule has 1 aromatic rings. The van der Waals surface area contributed by atoms with Crippen LogP contribution in [0.25, 0.3) is 0 Å². The Balaban J connectivity index is 1.61. The topological polar surface area (TPSA) is 63.2 Å². The highest BCUT2D eigenvalue weighted by Crippen LogP contribution is 2.19. The lowest BCUT2D eigenvalue weighted by atomic mass is 9.91. The van der Waals surface area contributed by atoms with Gasteiger partial charge in [-0.2, -0.15) is 0 Å². The van der Waals surface area contributed by atoms with Gasteiger partial charge in [-0.3, -0.25) is 0 Å². The minimum absolute atomic E-state index is 0.240. The van der Waals surface area contributed by atoms with Gasteiger partial charge in [-0.15, -0.1) is 11.3 Å². The minimum Gasteiger partial charge on any atom is -0.444 e. The molecule has 6 heteroatoms. The first-order valence-electron chi connectivity index (χ1n) is 8.46. The molecule has 1 aliphatic rings. The maximum Gasteiger partial charge on any atom is 0.407 e. The Bertz CT molecular complexity index is 502. The van der Waals surface area contributed by atoms with Crippen molar-refractivity contribution in [3.63, 3.8) is 0 Å². The fourth-order valence-corrected chi connectivity index (χ4v) is 3.59. The Morgan fingerprint density at radius 2 is 1.96 bits per heavy atom. The van der Waals surface area contributed by atoms with Gasteiger partial charge >= 0.3 is 6.09 Å². The van der Waals surface area contributed by atoms with Crippen LogP contribution in [0.5, 0.6) is 0 Å². The van der Waals surface area contributed by atoms with Crippen LogP contribution in [0.15, 0.2) is 5.38 Å². The van der Waals surface area contributed by atoms with Crippen LogP contribution in [0.4, 0.5) is 4.79 Å². The Kier molecular flexibility index (Phi) is 6.41. The van der Waals surface area contributed by atoms with E-state index in [1.165, 1.54) is 5.01 Å². The molecule has 1 heterocycles. The van der Waals surface area contributed by atoms with Crippen LogP contribution >= 0.6 is 11.3 Å². The molecule has 0 bridgehead atoms. The molecule has 0 unspecified atom stereocenters. The number of hydrogen-bond donors (Lipinski definition) is 2. The molecule has 23 heavy (non-hydrogen) atoms. The van der Waals surface area contributed by atoms with E-state index in [-0.39, 0.29) is 12.1 Å². The fourth-order valence-electron chi connectivity index (χ4n) is 2.82. The second-order valence-electron chi connectivity index (χ2n) is 7.28. The number of hydrogen-bond acceptors (Lipinski definition) is 5. The molecule has 2 rings (SSSR count). The predicted molar refractivity (Wildman–Crippen MR) is 94.0 cm³/mol. The molecule has 1 fully saturated rings. The summed E-state index contributed by atoms with van der Waals surface area (Å²) in [7, 11) is 0. The van der Waals surface area contributed by atoms with Gasteiger partial charge in [0.2, 0.25) is 0 Å². The highest BCUT2D eigenvalue weighted by atomic mass is 32.1. The SMILES string of the molecule is Cc1csc(CCNC2CCC(NC(=O)OC(C)(C)C)CC2)n1. The molecule has 0 spiro atoms. The quantitative estimate of drug-likeness (QED) is 0.863. The normalized spacial score (nSPS) is 21.9. The largest absolute Gasteiger partial charge is 0.444 e. The van der Waals surface area contributed by atoms with Crippen molar-refractivity contribution in [2.24, 2.45) is 0 Å². The number of alkyl carbamates (subject to hydrolysis) is 1. The van der Waals surface area contributed by atoms with Gasteiger partial charge in [-0.1, -0.05) is 0 Å². The summed E-state index contributed by atoms with van der Waals surface area (Å²) in [4.78, 5) is 16.3. The molecule has 1 saturated carbocycles. The zero-order valence-electron chi connectivity index (χ0n) is 14.6. The van der Waals surface area contributed by atoms with Crippen molar-refractivity contribution in [1.82, 2.24) is 15.6 Å². The maximum atomic E-state index is 11.8. The molecule has 2 N–H and O–H groups in total. The van der Waals surface area contributed by atoms with Gasteiger partial charge in [0.15, 0.2) is 0 Å². The highest BCUT2D eigenvalue weighted by molar-refractivity contribution is 7.09. The number of carbonyl (C=O) groups excluding carboxylic acids is 1. The maximum absolute atomic E-state index is 11.8. The molecule has 1 aliphatic carbocycles. The van der Waals surface area contributed by atoms with E-state index in [0.717, 1.165) is 44.3 Å². The summed E-state index contributed by atoms with van der Waals surface area (Å²) in [5, 5.41) is 9.90. The van der Waals surface area contributed by atoms with Crippen LogP contribution in [-0.2, 0) is 11.2 Å². The Morgan fingerprint density at radius 3 is 2.52 bits per heavy atom. The van der Waals surface area contributed by atoms with Gasteiger partial charge in [0.1, 0.15) is 5.60 Å². The standard InChI is InChI=1S/C17H29N3O2S/c1-12-11-23-15(19-12)9-10-18-13-5-7-14(8-6-13)20-16(21)22-17(2,3)4/h11,13-14,18H,5-10H2,1-4H3,(H,20,21). The summed E-state index contributed by atoms with van der Waals surface area (Å²) in [5.74, 6) is 0. The van der Waals surface area contributed by atoms with Crippen molar-refractivity contribution in [2.45, 2.75) is 77.5 Å². The molecular weight excluding hydrogens is 310 g/mol. The minimum atomic E-state index is -0.434. The van der Waals surface area contributed by atoms with Gasteiger partial charge in [-0.05, 0) is 53.4 Å². The van der Waals surface area contributed by atoms with E-state index >= 15 is 0 Å². The second-order valence-corrected chi connectivity index (χ2v) is 8.22. The lowest BCUT2D eigenvalue weighted by molar-refractivity contribution is 0.0490. The van der Waals surface area contributed by atoms with Crippen molar-refractivity contribution in [3.8, 4) is 0 Å². The number of thiazole rings is 1. The van der Waals surface area contributed by atoms with Crippen molar-refractivity contribution < 1.29 is 9.53 Å². The molecule has 0 saturated heterocycles. The smallest absolute Gasteiger partial charge is 0.407 e. The Hall–Kier alpha value is -1.14.